The van der Waals surface area contributed by atoms with Crippen LogP contribution in [0.1, 0.15) is 44.3 Å². The van der Waals surface area contributed by atoms with Crippen molar-refractivity contribution >= 4 is 5.95 Å². The second kappa shape index (κ2) is 5.54. The Labute approximate surface area is 103 Å². The van der Waals surface area contributed by atoms with Gasteiger partial charge in [0, 0.05) is 25.9 Å². The molecule has 1 saturated carbocycles. The van der Waals surface area contributed by atoms with Gasteiger partial charge in [-0.3, -0.25) is 0 Å². The van der Waals surface area contributed by atoms with Crippen LogP contribution in [0.15, 0.2) is 6.20 Å². The molecular weight excluding hydrogens is 214 g/mol. The predicted octanol–water partition coefficient (Wildman–Crippen LogP) is 2.75. The van der Waals surface area contributed by atoms with Crippen LogP contribution >= 0.6 is 0 Å². The molecule has 0 aromatic carbocycles. The average molecular weight is 237 g/mol. The molecule has 0 spiro atoms. The predicted molar refractivity (Wildman–Crippen MR) is 69.4 cm³/mol. The van der Waals surface area contributed by atoms with Gasteiger partial charge in [-0.15, -0.1) is 0 Å². The maximum absolute atomic E-state index is 5.24. The number of methoxy groups -OCH3 is 1. The molecule has 2 rings (SSSR count). The van der Waals surface area contributed by atoms with E-state index in [0.29, 0.717) is 6.04 Å². The Hall–Kier alpha value is -1.03. The second-order valence-electron chi connectivity index (χ2n) is 4.98. The molecule has 17 heavy (non-hydrogen) atoms. The van der Waals surface area contributed by atoms with Crippen LogP contribution in [0, 0.1) is 6.92 Å². The van der Waals surface area contributed by atoms with Gasteiger partial charge in [-0.1, -0.05) is 12.8 Å². The van der Waals surface area contributed by atoms with Crippen LogP contribution < -0.4 is 5.32 Å². The molecule has 4 heteroatoms. The summed E-state index contributed by atoms with van der Waals surface area (Å²) < 4.78 is 7.55. The number of hydrogen-bond donors (Lipinski definition) is 1. The Kier molecular flexibility index (Phi) is 4.05. The molecule has 0 aliphatic heterocycles. The monoisotopic (exact) mass is 237 g/mol. The third kappa shape index (κ3) is 3.00. The topological polar surface area (TPSA) is 39.1 Å². The summed E-state index contributed by atoms with van der Waals surface area (Å²) in [5.74, 6) is 0.998. The van der Waals surface area contributed by atoms with Crippen molar-refractivity contribution in [1.82, 2.24) is 9.55 Å². The van der Waals surface area contributed by atoms with Crippen LogP contribution in [0.4, 0.5) is 5.95 Å². The molecule has 1 aliphatic rings. The SMILES string of the molecule is COC(C)CNc1nc(C)cn1C1CCCC1. The Balaban J connectivity index is 2.04. The van der Waals surface area contributed by atoms with Gasteiger partial charge in [0.2, 0.25) is 5.95 Å². The number of anilines is 1. The van der Waals surface area contributed by atoms with Crippen molar-refractivity contribution in [2.45, 2.75) is 51.7 Å². The normalized spacial score (nSPS) is 18.5. The highest BCUT2D eigenvalue weighted by atomic mass is 16.5. The highest BCUT2D eigenvalue weighted by Gasteiger charge is 2.20. The van der Waals surface area contributed by atoms with E-state index in [0.717, 1.165) is 18.2 Å². The lowest BCUT2D eigenvalue weighted by Crippen LogP contribution is -2.21. The van der Waals surface area contributed by atoms with Crippen LogP contribution in [-0.2, 0) is 4.74 Å². The second-order valence-corrected chi connectivity index (χ2v) is 4.98. The Morgan fingerprint density at radius 3 is 2.88 bits per heavy atom. The smallest absolute Gasteiger partial charge is 0.203 e. The van der Waals surface area contributed by atoms with Crippen molar-refractivity contribution in [1.29, 1.82) is 0 Å². The lowest BCUT2D eigenvalue weighted by molar-refractivity contribution is 0.128. The molecular formula is C13H23N3O. The zero-order chi connectivity index (χ0) is 12.3. The molecule has 96 valence electrons. The Morgan fingerprint density at radius 1 is 1.53 bits per heavy atom. The average Bonchev–Trinajstić information content (AvgIpc) is 2.94. The van der Waals surface area contributed by atoms with Gasteiger partial charge in [-0.2, -0.15) is 0 Å². The number of nitrogens with one attached hydrogen (secondary N) is 1. The summed E-state index contributed by atoms with van der Waals surface area (Å²) in [5.41, 5.74) is 1.09. The maximum atomic E-state index is 5.24. The number of imidazole rings is 1. The summed E-state index contributed by atoms with van der Waals surface area (Å²) in [7, 11) is 1.74. The number of ether oxygens (including phenoxy) is 1. The molecule has 4 nitrogen and oxygen atoms in total. The third-order valence-electron chi connectivity index (χ3n) is 3.52. The zero-order valence-electron chi connectivity index (χ0n) is 11.1. The summed E-state index contributed by atoms with van der Waals surface area (Å²) in [6, 6.07) is 0.636. The fourth-order valence-electron chi connectivity index (χ4n) is 2.43. The van der Waals surface area contributed by atoms with Crippen LogP contribution in [0.5, 0.6) is 0 Å². The molecule has 1 aliphatic carbocycles. The van der Waals surface area contributed by atoms with Crippen molar-refractivity contribution < 1.29 is 4.74 Å². The molecule has 1 heterocycles. The third-order valence-corrected chi connectivity index (χ3v) is 3.52. The van der Waals surface area contributed by atoms with Crippen molar-refractivity contribution in [3.8, 4) is 0 Å². The zero-order valence-corrected chi connectivity index (χ0v) is 11.1. The summed E-state index contributed by atoms with van der Waals surface area (Å²) in [6.07, 6.45) is 7.62. The molecule has 0 saturated heterocycles. The van der Waals surface area contributed by atoms with Crippen molar-refractivity contribution in [2.24, 2.45) is 0 Å². The van der Waals surface area contributed by atoms with Gasteiger partial charge in [0.25, 0.3) is 0 Å². The van der Waals surface area contributed by atoms with E-state index >= 15 is 0 Å². The number of hydrogen-bond acceptors (Lipinski definition) is 3. The van der Waals surface area contributed by atoms with E-state index in [1.54, 1.807) is 7.11 Å². The standard InChI is InChI=1S/C13H23N3O/c1-10-9-16(12-6-4-5-7-12)13(15-10)14-8-11(2)17-3/h9,11-12H,4-8H2,1-3H3,(H,14,15). The van der Waals surface area contributed by atoms with Crippen molar-refractivity contribution in [3.63, 3.8) is 0 Å². The summed E-state index contributed by atoms with van der Waals surface area (Å²) in [6.45, 7) is 4.92. The fourth-order valence-corrected chi connectivity index (χ4v) is 2.43. The van der Waals surface area contributed by atoms with Gasteiger partial charge >= 0.3 is 0 Å². The van der Waals surface area contributed by atoms with Crippen LogP contribution in [0.2, 0.25) is 0 Å². The molecule has 1 atom stereocenters. The number of nitrogens with zero attached hydrogens (tertiary/aromatic N) is 2. The summed E-state index contributed by atoms with van der Waals surface area (Å²) in [5, 5.41) is 3.39. The van der Waals surface area contributed by atoms with E-state index in [1.807, 2.05) is 0 Å². The fraction of sp³-hybridized carbons (Fsp3) is 0.769. The quantitative estimate of drug-likeness (QED) is 0.856. The largest absolute Gasteiger partial charge is 0.380 e. The van der Waals surface area contributed by atoms with Gasteiger partial charge in [0.1, 0.15) is 0 Å². The van der Waals surface area contributed by atoms with E-state index in [9.17, 15) is 0 Å². The lowest BCUT2D eigenvalue weighted by atomic mass is 10.2. The lowest BCUT2D eigenvalue weighted by Gasteiger charge is -2.17. The highest BCUT2D eigenvalue weighted by Crippen LogP contribution is 2.31. The van der Waals surface area contributed by atoms with Gasteiger partial charge in [-0.05, 0) is 26.7 Å². The van der Waals surface area contributed by atoms with Gasteiger partial charge in [-0.25, -0.2) is 4.98 Å². The first-order valence-electron chi connectivity index (χ1n) is 6.53. The van der Waals surface area contributed by atoms with E-state index in [4.69, 9.17) is 4.74 Å². The molecule has 1 N–H and O–H groups in total. The van der Waals surface area contributed by atoms with Crippen molar-refractivity contribution in [3.05, 3.63) is 11.9 Å². The van der Waals surface area contributed by atoms with Crippen molar-refractivity contribution in [2.75, 3.05) is 19.0 Å². The number of aromatic nitrogens is 2. The highest BCUT2D eigenvalue weighted by molar-refractivity contribution is 5.30. The van der Waals surface area contributed by atoms with Gasteiger partial charge in [0.05, 0.1) is 11.8 Å². The van der Waals surface area contributed by atoms with E-state index < -0.39 is 0 Å². The first kappa shape index (κ1) is 12.4. The molecule has 1 unspecified atom stereocenters. The molecule has 0 amide bonds. The minimum absolute atomic E-state index is 0.212. The maximum Gasteiger partial charge on any atom is 0.203 e. The van der Waals surface area contributed by atoms with E-state index in [-0.39, 0.29) is 6.10 Å². The summed E-state index contributed by atoms with van der Waals surface area (Å²) >= 11 is 0. The Bertz CT molecular complexity index is 356. The Morgan fingerprint density at radius 2 is 2.24 bits per heavy atom. The van der Waals surface area contributed by atoms with Crippen LogP contribution in [0.3, 0.4) is 0 Å². The van der Waals surface area contributed by atoms with E-state index in [2.05, 4.69) is 34.9 Å². The first-order valence-corrected chi connectivity index (χ1v) is 6.53. The van der Waals surface area contributed by atoms with Gasteiger partial charge < -0.3 is 14.6 Å². The minimum Gasteiger partial charge on any atom is -0.380 e. The van der Waals surface area contributed by atoms with E-state index in [1.165, 1.54) is 25.7 Å². The summed E-state index contributed by atoms with van der Waals surface area (Å²) in [4.78, 5) is 4.56. The first-order chi connectivity index (χ1) is 8.20. The van der Waals surface area contributed by atoms with Gasteiger partial charge in [0.15, 0.2) is 0 Å². The molecule has 0 bridgehead atoms. The number of aryl methyl sites for hydroxylation is 1. The van der Waals surface area contributed by atoms with Crippen LogP contribution in [-0.4, -0.2) is 29.3 Å². The molecule has 1 fully saturated rings. The molecule has 1 aromatic rings. The van der Waals surface area contributed by atoms with Crippen LogP contribution in [0.25, 0.3) is 0 Å². The molecule has 1 aromatic heterocycles. The number of rotatable bonds is 5. The minimum atomic E-state index is 0.212. The molecule has 0 radical (unpaired) electrons.